The van der Waals surface area contributed by atoms with Crippen LogP contribution in [0.2, 0.25) is 0 Å². The zero-order valence-corrected chi connectivity index (χ0v) is 19.4. The fraction of sp³-hybridized carbons (Fsp3) is 0.409. The van der Waals surface area contributed by atoms with Gasteiger partial charge in [-0.1, -0.05) is 43.3 Å². The number of ether oxygens (including phenoxy) is 2. The van der Waals surface area contributed by atoms with Gasteiger partial charge in [0.25, 0.3) is 0 Å². The summed E-state index contributed by atoms with van der Waals surface area (Å²) in [5.41, 5.74) is 3.70. The summed E-state index contributed by atoms with van der Waals surface area (Å²) in [5, 5.41) is 6.75. The van der Waals surface area contributed by atoms with Crippen LogP contribution in [0.3, 0.4) is 0 Å². The third kappa shape index (κ3) is 8.48. The highest BCUT2D eigenvalue weighted by Gasteiger charge is 2.04. The van der Waals surface area contributed by atoms with E-state index in [0.29, 0.717) is 13.2 Å². The molecule has 5 nitrogen and oxygen atoms in total. The normalized spacial score (nSPS) is 10.9. The number of halogens is 1. The molecule has 6 heteroatoms. The molecule has 0 aliphatic heterocycles. The quantitative estimate of drug-likeness (QED) is 0.224. The molecule has 0 saturated heterocycles. The summed E-state index contributed by atoms with van der Waals surface area (Å²) in [7, 11) is 3.47. The van der Waals surface area contributed by atoms with E-state index in [1.165, 1.54) is 16.7 Å². The maximum Gasteiger partial charge on any atom is 0.191 e. The number of hydrogen-bond acceptors (Lipinski definition) is 3. The first kappa shape index (κ1) is 24.2. The average Bonchev–Trinajstić information content (AvgIpc) is 2.72. The van der Waals surface area contributed by atoms with Crippen LogP contribution in [0.1, 0.15) is 30.0 Å². The van der Waals surface area contributed by atoms with E-state index in [0.717, 1.165) is 37.7 Å². The van der Waals surface area contributed by atoms with E-state index in [-0.39, 0.29) is 24.0 Å². The Bertz CT molecular complexity index is 705. The Balaban J connectivity index is 0.00000392. The Morgan fingerprint density at radius 2 is 1.71 bits per heavy atom. The summed E-state index contributed by atoms with van der Waals surface area (Å²) in [6, 6.07) is 16.5. The zero-order chi connectivity index (χ0) is 19.3. The van der Waals surface area contributed by atoms with Crippen molar-refractivity contribution in [3.05, 3.63) is 65.2 Å². The highest BCUT2D eigenvalue weighted by atomic mass is 127. The second-order valence-corrected chi connectivity index (χ2v) is 6.27. The van der Waals surface area contributed by atoms with Crippen LogP contribution in [0, 0.1) is 0 Å². The van der Waals surface area contributed by atoms with Crippen molar-refractivity contribution in [2.75, 3.05) is 27.3 Å². The van der Waals surface area contributed by atoms with Crippen LogP contribution in [0.4, 0.5) is 0 Å². The summed E-state index contributed by atoms with van der Waals surface area (Å²) in [5.74, 6) is 1.68. The lowest BCUT2D eigenvalue weighted by molar-refractivity contribution is 0.121. The van der Waals surface area contributed by atoms with Gasteiger partial charge in [-0.15, -0.1) is 24.0 Å². The van der Waals surface area contributed by atoms with Crippen LogP contribution in [0.25, 0.3) is 0 Å². The monoisotopic (exact) mass is 497 g/mol. The number of rotatable bonds is 10. The first-order valence-corrected chi connectivity index (χ1v) is 9.48. The number of guanidine groups is 1. The first-order valence-electron chi connectivity index (χ1n) is 9.48. The molecule has 0 amide bonds. The van der Waals surface area contributed by atoms with E-state index in [1.807, 2.05) is 12.1 Å². The lowest BCUT2D eigenvalue weighted by atomic mass is 10.1. The third-order valence-corrected chi connectivity index (χ3v) is 4.26. The van der Waals surface area contributed by atoms with Crippen LogP contribution in [0.5, 0.6) is 5.75 Å². The van der Waals surface area contributed by atoms with Gasteiger partial charge in [-0.05, 0) is 41.7 Å². The van der Waals surface area contributed by atoms with Crippen LogP contribution in [-0.4, -0.2) is 33.3 Å². The molecule has 2 rings (SSSR count). The van der Waals surface area contributed by atoms with Crippen molar-refractivity contribution in [1.29, 1.82) is 0 Å². The van der Waals surface area contributed by atoms with Crippen molar-refractivity contribution < 1.29 is 9.47 Å². The number of hydrogen-bond donors (Lipinski definition) is 2. The van der Waals surface area contributed by atoms with Gasteiger partial charge in [0, 0.05) is 26.7 Å². The molecule has 154 valence electrons. The van der Waals surface area contributed by atoms with E-state index in [4.69, 9.17) is 9.47 Å². The maximum atomic E-state index is 5.69. The predicted molar refractivity (Wildman–Crippen MR) is 127 cm³/mol. The molecule has 0 bridgehead atoms. The van der Waals surface area contributed by atoms with Crippen LogP contribution in [0.15, 0.2) is 53.5 Å². The van der Waals surface area contributed by atoms with E-state index in [1.54, 1.807) is 14.2 Å². The summed E-state index contributed by atoms with van der Waals surface area (Å²) >= 11 is 0. The molecule has 28 heavy (non-hydrogen) atoms. The van der Waals surface area contributed by atoms with Crippen molar-refractivity contribution in [3.63, 3.8) is 0 Å². The molecule has 0 aromatic heterocycles. The molecule has 0 aliphatic carbocycles. The SMILES string of the molecule is CCCOCc1ccccc1CNC(=NC)NCCc1ccc(OC)cc1.I. The fourth-order valence-electron chi connectivity index (χ4n) is 2.71. The molecule has 0 saturated carbocycles. The van der Waals surface area contributed by atoms with Gasteiger partial charge in [0.1, 0.15) is 5.75 Å². The Morgan fingerprint density at radius 3 is 2.36 bits per heavy atom. The Labute approximate surface area is 186 Å². The van der Waals surface area contributed by atoms with Crippen molar-refractivity contribution in [3.8, 4) is 5.75 Å². The number of benzene rings is 2. The lowest BCUT2D eigenvalue weighted by Gasteiger charge is -2.14. The molecule has 0 fully saturated rings. The van der Waals surface area contributed by atoms with Gasteiger partial charge < -0.3 is 20.1 Å². The minimum Gasteiger partial charge on any atom is -0.497 e. The van der Waals surface area contributed by atoms with Crippen molar-refractivity contribution >= 4 is 29.9 Å². The Kier molecular flexibility index (Phi) is 12.3. The second-order valence-electron chi connectivity index (χ2n) is 6.27. The van der Waals surface area contributed by atoms with Crippen LogP contribution >= 0.6 is 24.0 Å². The van der Waals surface area contributed by atoms with Gasteiger partial charge in [-0.2, -0.15) is 0 Å². The largest absolute Gasteiger partial charge is 0.497 e. The molecule has 0 aliphatic rings. The standard InChI is InChI=1S/C22H31N3O2.HI/c1-4-15-27-17-20-8-6-5-7-19(20)16-25-22(23-2)24-14-13-18-9-11-21(26-3)12-10-18;/h5-12H,4,13-17H2,1-3H3,(H2,23,24,25);1H. The number of nitrogens with zero attached hydrogens (tertiary/aromatic N) is 1. The minimum absolute atomic E-state index is 0. The Hall–Kier alpha value is -1.80. The third-order valence-electron chi connectivity index (χ3n) is 4.26. The van der Waals surface area contributed by atoms with Gasteiger partial charge in [0.2, 0.25) is 0 Å². The number of nitrogens with one attached hydrogen (secondary N) is 2. The summed E-state index contributed by atoms with van der Waals surface area (Å²) < 4.78 is 10.9. The van der Waals surface area contributed by atoms with Crippen molar-refractivity contribution in [2.24, 2.45) is 4.99 Å². The van der Waals surface area contributed by atoms with Crippen molar-refractivity contribution in [2.45, 2.75) is 32.9 Å². The Morgan fingerprint density at radius 1 is 1.00 bits per heavy atom. The summed E-state index contributed by atoms with van der Waals surface area (Å²) in [6.45, 7) is 5.09. The first-order chi connectivity index (χ1) is 13.3. The van der Waals surface area contributed by atoms with E-state index < -0.39 is 0 Å². The molecule has 0 unspecified atom stereocenters. The predicted octanol–water partition coefficient (Wildman–Crippen LogP) is 4.15. The second kappa shape index (κ2) is 14.2. The van der Waals surface area contributed by atoms with Crippen LogP contribution < -0.4 is 15.4 Å². The van der Waals surface area contributed by atoms with Gasteiger partial charge in [-0.3, -0.25) is 4.99 Å². The van der Waals surface area contributed by atoms with Gasteiger partial charge in [-0.25, -0.2) is 0 Å². The summed E-state index contributed by atoms with van der Waals surface area (Å²) in [6.07, 6.45) is 1.96. The van der Waals surface area contributed by atoms with Crippen LogP contribution in [-0.2, 0) is 24.3 Å². The number of aliphatic imine (C=N–C) groups is 1. The molecular formula is C22H32IN3O2. The average molecular weight is 497 g/mol. The number of methoxy groups -OCH3 is 1. The topological polar surface area (TPSA) is 54.9 Å². The summed E-state index contributed by atoms with van der Waals surface area (Å²) in [4.78, 5) is 4.31. The fourth-order valence-corrected chi connectivity index (χ4v) is 2.71. The molecule has 2 aromatic carbocycles. The van der Waals surface area contributed by atoms with E-state index in [9.17, 15) is 0 Å². The van der Waals surface area contributed by atoms with E-state index in [2.05, 4.69) is 58.9 Å². The van der Waals surface area contributed by atoms with Crippen molar-refractivity contribution in [1.82, 2.24) is 10.6 Å². The molecule has 0 radical (unpaired) electrons. The highest BCUT2D eigenvalue weighted by molar-refractivity contribution is 14.0. The molecule has 0 spiro atoms. The highest BCUT2D eigenvalue weighted by Crippen LogP contribution is 2.12. The molecular weight excluding hydrogens is 465 g/mol. The smallest absolute Gasteiger partial charge is 0.191 e. The van der Waals surface area contributed by atoms with Gasteiger partial charge in [0.15, 0.2) is 5.96 Å². The molecule has 0 atom stereocenters. The molecule has 2 aromatic rings. The van der Waals surface area contributed by atoms with Gasteiger partial charge >= 0.3 is 0 Å². The minimum atomic E-state index is 0. The zero-order valence-electron chi connectivity index (χ0n) is 17.0. The molecule has 0 heterocycles. The maximum absolute atomic E-state index is 5.69. The van der Waals surface area contributed by atoms with Gasteiger partial charge in [0.05, 0.1) is 13.7 Å². The van der Waals surface area contributed by atoms with E-state index >= 15 is 0 Å². The molecule has 2 N–H and O–H groups in total. The lowest BCUT2D eigenvalue weighted by Crippen LogP contribution is -2.38.